The molecule has 19 heavy (non-hydrogen) atoms. The van der Waals surface area contributed by atoms with Crippen molar-refractivity contribution in [3.8, 4) is 11.1 Å². The highest BCUT2D eigenvalue weighted by molar-refractivity contribution is 5.89. The van der Waals surface area contributed by atoms with Crippen LogP contribution >= 0.6 is 0 Å². The number of benzene rings is 2. The van der Waals surface area contributed by atoms with Crippen molar-refractivity contribution in [2.24, 2.45) is 5.18 Å². The van der Waals surface area contributed by atoms with Crippen molar-refractivity contribution in [3.63, 3.8) is 0 Å². The number of hydrogen-bond acceptors (Lipinski definition) is 3. The van der Waals surface area contributed by atoms with E-state index >= 15 is 0 Å². The number of carboxylic acid groups (broad SMARTS) is 1. The lowest BCUT2D eigenvalue weighted by atomic mass is 10.0. The van der Waals surface area contributed by atoms with E-state index in [1.54, 1.807) is 0 Å². The topological polar surface area (TPSA) is 66.7 Å². The Morgan fingerprint density at radius 2 is 1.68 bits per heavy atom. The van der Waals surface area contributed by atoms with Crippen LogP contribution in [-0.4, -0.2) is 11.1 Å². The van der Waals surface area contributed by atoms with Gasteiger partial charge in [0.15, 0.2) is 17.3 Å². The normalized spacial score (nSPS) is 10.2. The molecule has 0 spiro atoms. The number of halogens is 2. The highest BCUT2D eigenvalue weighted by atomic mass is 19.1. The number of nitroso groups, excluding NO2 is 1. The average molecular weight is 263 g/mol. The van der Waals surface area contributed by atoms with Crippen molar-refractivity contribution in [2.45, 2.75) is 0 Å². The molecule has 0 aromatic heterocycles. The maximum Gasteiger partial charge on any atom is 0.335 e. The molecule has 0 aliphatic carbocycles. The number of aromatic carboxylic acids is 1. The first-order chi connectivity index (χ1) is 9.02. The number of hydrogen-bond donors (Lipinski definition) is 1. The second-order valence-electron chi connectivity index (χ2n) is 3.77. The van der Waals surface area contributed by atoms with Crippen LogP contribution in [0.15, 0.2) is 41.6 Å². The summed E-state index contributed by atoms with van der Waals surface area (Å²) in [5.74, 6) is -3.33. The van der Waals surface area contributed by atoms with Crippen molar-refractivity contribution in [3.05, 3.63) is 58.5 Å². The molecule has 0 aliphatic heterocycles. The minimum Gasteiger partial charge on any atom is -0.478 e. The van der Waals surface area contributed by atoms with Crippen molar-refractivity contribution < 1.29 is 18.7 Å². The zero-order valence-electron chi connectivity index (χ0n) is 9.43. The summed E-state index contributed by atoms with van der Waals surface area (Å²) in [6, 6.07) is 7.47. The molecule has 2 aromatic carbocycles. The molecule has 2 aromatic rings. The summed E-state index contributed by atoms with van der Waals surface area (Å²) >= 11 is 0. The molecule has 0 bridgehead atoms. The molecule has 96 valence electrons. The van der Waals surface area contributed by atoms with Gasteiger partial charge in [-0.3, -0.25) is 0 Å². The Bertz CT molecular complexity index is 648. The van der Waals surface area contributed by atoms with Crippen LogP contribution in [0.1, 0.15) is 10.4 Å². The van der Waals surface area contributed by atoms with Gasteiger partial charge in [0, 0.05) is 0 Å². The zero-order chi connectivity index (χ0) is 14.0. The van der Waals surface area contributed by atoms with Crippen LogP contribution < -0.4 is 0 Å². The monoisotopic (exact) mass is 263 g/mol. The molecule has 4 nitrogen and oxygen atoms in total. The van der Waals surface area contributed by atoms with Crippen molar-refractivity contribution in [1.82, 2.24) is 0 Å². The van der Waals surface area contributed by atoms with Gasteiger partial charge in [-0.1, -0.05) is 12.1 Å². The van der Waals surface area contributed by atoms with E-state index in [1.807, 2.05) is 0 Å². The van der Waals surface area contributed by atoms with Crippen molar-refractivity contribution >= 4 is 11.7 Å². The SMILES string of the molecule is O=Nc1c(F)cc(-c2cccc(C(=O)O)c2)cc1F. The van der Waals surface area contributed by atoms with Gasteiger partial charge in [0.05, 0.1) is 5.56 Å². The van der Waals surface area contributed by atoms with E-state index in [0.29, 0.717) is 5.56 Å². The predicted octanol–water partition coefficient (Wildman–Crippen LogP) is 3.73. The van der Waals surface area contributed by atoms with Gasteiger partial charge in [0.2, 0.25) is 0 Å². The van der Waals surface area contributed by atoms with E-state index in [2.05, 4.69) is 5.18 Å². The van der Waals surface area contributed by atoms with Crippen LogP contribution in [0, 0.1) is 16.5 Å². The summed E-state index contributed by atoms with van der Waals surface area (Å²) in [6.07, 6.45) is 0. The molecular weight excluding hydrogens is 256 g/mol. The standard InChI is InChI=1S/C13H7F2NO3/c14-10-5-9(6-11(15)12(10)16-19)7-2-1-3-8(4-7)13(17)18/h1-6H,(H,17,18). The Kier molecular flexibility index (Phi) is 3.33. The third-order valence-corrected chi connectivity index (χ3v) is 2.55. The third kappa shape index (κ3) is 2.47. The summed E-state index contributed by atoms with van der Waals surface area (Å²) in [7, 11) is 0. The van der Waals surface area contributed by atoms with Crippen LogP contribution in [0.3, 0.4) is 0 Å². The van der Waals surface area contributed by atoms with Crippen LogP contribution in [0.4, 0.5) is 14.5 Å². The third-order valence-electron chi connectivity index (χ3n) is 2.55. The molecule has 0 amide bonds. The van der Waals surface area contributed by atoms with E-state index in [1.165, 1.54) is 24.3 Å². The van der Waals surface area contributed by atoms with Crippen LogP contribution in [0.25, 0.3) is 11.1 Å². The van der Waals surface area contributed by atoms with Gasteiger partial charge in [0.1, 0.15) is 0 Å². The molecule has 0 saturated heterocycles. The predicted molar refractivity (Wildman–Crippen MR) is 64.2 cm³/mol. The Labute approximate surface area is 106 Å². The van der Waals surface area contributed by atoms with E-state index < -0.39 is 23.3 Å². The van der Waals surface area contributed by atoms with Gasteiger partial charge in [-0.2, -0.15) is 0 Å². The zero-order valence-corrected chi connectivity index (χ0v) is 9.43. The van der Waals surface area contributed by atoms with Crippen LogP contribution in [0.2, 0.25) is 0 Å². The van der Waals surface area contributed by atoms with Gasteiger partial charge in [0.25, 0.3) is 0 Å². The molecule has 0 atom stereocenters. The second kappa shape index (κ2) is 4.93. The lowest BCUT2D eigenvalue weighted by Crippen LogP contribution is -1.96. The first-order valence-electron chi connectivity index (χ1n) is 5.19. The number of rotatable bonds is 3. The minimum atomic E-state index is -1.14. The summed E-state index contributed by atoms with van der Waals surface area (Å²) in [5.41, 5.74) is -0.435. The van der Waals surface area contributed by atoms with Crippen molar-refractivity contribution in [1.29, 1.82) is 0 Å². The Balaban J connectivity index is 2.56. The molecular formula is C13H7F2NO3. The molecule has 6 heteroatoms. The largest absolute Gasteiger partial charge is 0.478 e. The maximum atomic E-state index is 13.4. The molecule has 0 saturated carbocycles. The van der Waals surface area contributed by atoms with Crippen LogP contribution in [-0.2, 0) is 0 Å². The smallest absolute Gasteiger partial charge is 0.335 e. The molecule has 0 aliphatic rings. The second-order valence-corrected chi connectivity index (χ2v) is 3.77. The molecule has 0 heterocycles. The number of carbonyl (C=O) groups is 1. The fourth-order valence-electron chi connectivity index (χ4n) is 1.65. The van der Waals surface area contributed by atoms with E-state index in [4.69, 9.17) is 5.11 Å². The maximum absolute atomic E-state index is 13.4. The fourth-order valence-corrected chi connectivity index (χ4v) is 1.65. The lowest BCUT2D eigenvalue weighted by molar-refractivity contribution is 0.0697. The Morgan fingerprint density at radius 3 is 2.21 bits per heavy atom. The van der Waals surface area contributed by atoms with Crippen molar-refractivity contribution in [2.75, 3.05) is 0 Å². The molecule has 0 radical (unpaired) electrons. The summed E-state index contributed by atoms with van der Waals surface area (Å²) in [5, 5.41) is 11.1. The minimum absolute atomic E-state index is 0.00379. The fraction of sp³-hybridized carbons (Fsp3) is 0. The van der Waals surface area contributed by atoms with E-state index in [-0.39, 0.29) is 11.1 Å². The quantitative estimate of drug-likeness (QED) is 0.858. The van der Waals surface area contributed by atoms with Gasteiger partial charge in [-0.05, 0) is 40.6 Å². The van der Waals surface area contributed by atoms with Gasteiger partial charge in [-0.15, -0.1) is 4.91 Å². The van der Waals surface area contributed by atoms with Crippen LogP contribution in [0.5, 0.6) is 0 Å². The number of nitrogens with zero attached hydrogens (tertiary/aromatic N) is 1. The summed E-state index contributed by atoms with van der Waals surface area (Å²) in [6.45, 7) is 0. The summed E-state index contributed by atoms with van der Waals surface area (Å²) in [4.78, 5) is 21.0. The average Bonchev–Trinajstić information content (AvgIpc) is 2.38. The molecule has 0 fully saturated rings. The van der Waals surface area contributed by atoms with Gasteiger partial charge in [-0.25, -0.2) is 13.6 Å². The Hall–Kier alpha value is -2.63. The van der Waals surface area contributed by atoms with Gasteiger partial charge >= 0.3 is 5.97 Å². The number of carboxylic acids is 1. The van der Waals surface area contributed by atoms with Gasteiger partial charge < -0.3 is 5.11 Å². The Morgan fingerprint density at radius 1 is 1.05 bits per heavy atom. The highest BCUT2D eigenvalue weighted by Gasteiger charge is 2.13. The highest BCUT2D eigenvalue weighted by Crippen LogP contribution is 2.29. The first-order valence-corrected chi connectivity index (χ1v) is 5.19. The lowest BCUT2D eigenvalue weighted by Gasteiger charge is -2.05. The van der Waals surface area contributed by atoms with E-state index in [0.717, 1.165) is 12.1 Å². The molecule has 1 N–H and O–H groups in total. The van der Waals surface area contributed by atoms with E-state index in [9.17, 15) is 18.5 Å². The summed E-state index contributed by atoms with van der Waals surface area (Å²) < 4.78 is 26.8. The molecule has 2 rings (SSSR count). The molecule has 0 unspecified atom stereocenters. The first kappa shape index (κ1) is 12.8.